The molecule has 0 spiro atoms. The lowest BCUT2D eigenvalue weighted by atomic mass is 9.88. The highest BCUT2D eigenvalue weighted by Crippen LogP contribution is 2.24. The standard InChI is InChI=1S/C18H38O2S/c1-17(2,15-19)11-7-5-9-13-21-14-10-6-8-12-18(3,4)16-20/h19-20H,5-16H2,1-4H3. The van der Waals surface area contributed by atoms with Gasteiger partial charge in [-0.25, -0.2) is 0 Å². The Hall–Kier alpha value is 0.270. The Balaban J connectivity index is 3.23. The summed E-state index contributed by atoms with van der Waals surface area (Å²) in [5.41, 5.74) is 0.213. The Labute approximate surface area is 137 Å². The Kier molecular flexibility index (Phi) is 11.9. The zero-order valence-electron chi connectivity index (χ0n) is 14.8. The molecule has 0 radical (unpaired) electrons. The molecule has 2 N–H and O–H groups in total. The largest absolute Gasteiger partial charge is 0.396 e. The number of unbranched alkanes of at least 4 members (excludes halogenated alkanes) is 4. The Bertz CT molecular complexity index is 215. The van der Waals surface area contributed by atoms with Gasteiger partial charge in [0.2, 0.25) is 0 Å². The molecule has 21 heavy (non-hydrogen) atoms. The SMILES string of the molecule is CC(C)(CO)CCCCCSCCCCCC(C)(C)CO. The molecule has 0 rings (SSSR count). The molecule has 2 nitrogen and oxygen atoms in total. The van der Waals surface area contributed by atoms with E-state index < -0.39 is 0 Å². The Morgan fingerprint density at radius 3 is 1.33 bits per heavy atom. The summed E-state index contributed by atoms with van der Waals surface area (Å²) in [5.74, 6) is 2.56. The van der Waals surface area contributed by atoms with Crippen LogP contribution in [0.3, 0.4) is 0 Å². The minimum absolute atomic E-state index is 0.107. The summed E-state index contributed by atoms with van der Waals surface area (Å²) in [5, 5.41) is 18.4. The third kappa shape index (κ3) is 13.6. The average molecular weight is 319 g/mol. The molecule has 0 aliphatic rings. The van der Waals surface area contributed by atoms with Gasteiger partial charge >= 0.3 is 0 Å². The second kappa shape index (κ2) is 11.8. The van der Waals surface area contributed by atoms with Crippen molar-refractivity contribution in [2.75, 3.05) is 24.7 Å². The first-order valence-electron chi connectivity index (χ1n) is 8.62. The molecule has 0 atom stereocenters. The normalized spacial score (nSPS) is 12.9. The lowest BCUT2D eigenvalue weighted by Crippen LogP contribution is -2.16. The van der Waals surface area contributed by atoms with E-state index in [1.54, 1.807) is 0 Å². The van der Waals surface area contributed by atoms with Gasteiger partial charge in [-0.1, -0.05) is 53.4 Å². The van der Waals surface area contributed by atoms with Crippen LogP contribution in [0.4, 0.5) is 0 Å². The summed E-state index contributed by atoms with van der Waals surface area (Å²) in [6.07, 6.45) is 9.95. The molecule has 0 heterocycles. The fourth-order valence-corrected chi connectivity index (χ4v) is 3.25. The van der Waals surface area contributed by atoms with Crippen LogP contribution in [0.2, 0.25) is 0 Å². The maximum atomic E-state index is 9.19. The molecular weight excluding hydrogens is 280 g/mol. The lowest BCUT2D eigenvalue weighted by molar-refractivity contribution is 0.147. The molecule has 0 aromatic rings. The zero-order valence-corrected chi connectivity index (χ0v) is 15.6. The number of aliphatic hydroxyl groups is 2. The number of hydrogen-bond acceptors (Lipinski definition) is 3. The molecule has 128 valence electrons. The maximum Gasteiger partial charge on any atom is 0.0482 e. The number of hydrogen-bond donors (Lipinski definition) is 2. The topological polar surface area (TPSA) is 40.5 Å². The maximum absolute atomic E-state index is 9.19. The molecular formula is C18H38O2S. The van der Waals surface area contributed by atoms with Crippen LogP contribution >= 0.6 is 11.8 Å². The van der Waals surface area contributed by atoms with E-state index in [4.69, 9.17) is 0 Å². The molecule has 0 aromatic carbocycles. The third-order valence-corrected chi connectivity index (χ3v) is 5.30. The van der Waals surface area contributed by atoms with E-state index in [1.807, 2.05) is 0 Å². The van der Waals surface area contributed by atoms with Crippen molar-refractivity contribution in [3.8, 4) is 0 Å². The van der Waals surface area contributed by atoms with Crippen molar-refractivity contribution in [2.45, 2.75) is 79.1 Å². The van der Waals surface area contributed by atoms with Gasteiger partial charge in [0.1, 0.15) is 0 Å². The van der Waals surface area contributed by atoms with Gasteiger partial charge in [0.05, 0.1) is 0 Å². The van der Waals surface area contributed by atoms with Crippen LogP contribution in [0.15, 0.2) is 0 Å². The van der Waals surface area contributed by atoms with Crippen LogP contribution < -0.4 is 0 Å². The van der Waals surface area contributed by atoms with Crippen molar-refractivity contribution in [3.63, 3.8) is 0 Å². The van der Waals surface area contributed by atoms with Crippen LogP contribution in [-0.4, -0.2) is 34.9 Å². The van der Waals surface area contributed by atoms with Gasteiger partial charge < -0.3 is 10.2 Å². The van der Waals surface area contributed by atoms with Gasteiger partial charge in [-0.2, -0.15) is 11.8 Å². The van der Waals surface area contributed by atoms with Crippen molar-refractivity contribution in [1.29, 1.82) is 0 Å². The molecule has 3 heteroatoms. The average Bonchev–Trinajstić information content (AvgIpc) is 2.44. The van der Waals surface area contributed by atoms with Crippen LogP contribution in [0, 0.1) is 10.8 Å². The quantitative estimate of drug-likeness (QED) is 0.449. The highest BCUT2D eigenvalue weighted by Gasteiger charge is 2.15. The van der Waals surface area contributed by atoms with E-state index in [-0.39, 0.29) is 10.8 Å². The van der Waals surface area contributed by atoms with Crippen molar-refractivity contribution in [2.24, 2.45) is 10.8 Å². The van der Waals surface area contributed by atoms with Crippen molar-refractivity contribution in [1.82, 2.24) is 0 Å². The summed E-state index contributed by atoms with van der Waals surface area (Å²) in [6, 6.07) is 0. The number of rotatable bonds is 14. The summed E-state index contributed by atoms with van der Waals surface area (Å²) >= 11 is 2.08. The minimum atomic E-state index is 0.107. The molecule has 0 unspecified atom stereocenters. The van der Waals surface area contributed by atoms with E-state index in [9.17, 15) is 10.2 Å². The predicted octanol–water partition coefficient (Wildman–Crippen LogP) is 4.88. The highest BCUT2D eigenvalue weighted by atomic mass is 32.2. The van der Waals surface area contributed by atoms with E-state index in [2.05, 4.69) is 39.5 Å². The van der Waals surface area contributed by atoms with E-state index in [1.165, 1.54) is 50.0 Å². The van der Waals surface area contributed by atoms with Crippen molar-refractivity contribution < 1.29 is 10.2 Å². The molecule has 0 saturated carbocycles. The first-order chi connectivity index (χ1) is 9.83. The smallest absolute Gasteiger partial charge is 0.0482 e. The fourth-order valence-electron chi connectivity index (χ4n) is 2.23. The molecule has 0 aliphatic carbocycles. The van der Waals surface area contributed by atoms with Gasteiger partial charge in [-0.05, 0) is 48.0 Å². The molecule has 0 bridgehead atoms. The van der Waals surface area contributed by atoms with Gasteiger partial charge in [-0.15, -0.1) is 0 Å². The van der Waals surface area contributed by atoms with Gasteiger partial charge in [-0.3, -0.25) is 0 Å². The second-order valence-electron chi connectivity index (χ2n) is 7.88. The predicted molar refractivity (Wildman–Crippen MR) is 96.0 cm³/mol. The molecule has 0 amide bonds. The monoisotopic (exact) mass is 318 g/mol. The first-order valence-corrected chi connectivity index (χ1v) is 9.78. The Morgan fingerprint density at radius 2 is 1.00 bits per heavy atom. The molecule has 0 saturated heterocycles. The fraction of sp³-hybridized carbons (Fsp3) is 1.00. The van der Waals surface area contributed by atoms with Gasteiger partial charge in [0.15, 0.2) is 0 Å². The lowest BCUT2D eigenvalue weighted by Gasteiger charge is -2.21. The summed E-state index contributed by atoms with van der Waals surface area (Å²) in [4.78, 5) is 0. The first kappa shape index (κ1) is 21.3. The minimum Gasteiger partial charge on any atom is -0.396 e. The van der Waals surface area contributed by atoms with Crippen molar-refractivity contribution in [3.05, 3.63) is 0 Å². The summed E-state index contributed by atoms with van der Waals surface area (Å²) < 4.78 is 0. The zero-order chi connectivity index (χ0) is 16.2. The highest BCUT2D eigenvalue weighted by molar-refractivity contribution is 7.99. The Morgan fingerprint density at radius 1 is 0.619 bits per heavy atom. The van der Waals surface area contributed by atoms with E-state index in [0.29, 0.717) is 13.2 Å². The van der Waals surface area contributed by atoms with Gasteiger partial charge in [0, 0.05) is 13.2 Å². The summed E-state index contributed by atoms with van der Waals surface area (Å²) in [7, 11) is 0. The van der Waals surface area contributed by atoms with Crippen LogP contribution in [0.1, 0.15) is 79.1 Å². The number of aliphatic hydroxyl groups excluding tert-OH is 2. The van der Waals surface area contributed by atoms with Crippen LogP contribution in [-0.2, 0) is 0 Å². The molecule has 0 aliphatic heterocycles. The van der Waals surface area contributed by atoms with Gasteiger partial charge in [0.25, 0.3) is 0 Å². The third-order valence-electron chi connectivity index (χ3n) is 4.14. The van der Waals surface area contributed by atoms with Crippen molar-refractivity contribution >= 4 is 11.8 Å². The van der Waals surface area contributed by atoms with E-state index in [0.717, 1.165) is 12.8 Å². The second-order valence-corrected chi connectivity index (χ2v) is 9.10. The van der Waals surface area contributed by atoms with E-state index >= 15 is 0 Å². The molecule has 0 fully saturated rings. The van der Waals surface area contributed by atoms with Crippen LogP contribution in [0.25, 0.3) is 0 Å². The molecule has 0 aromatic heterocycles. The number of thioether (sulfide) groups is 1. The summed E-state index contributed by atoms with van der Waals surface area (Å²) in [6.45, 7) is 9.16. The van der Waals surface area contributed by atoms with Crippen LogP contribution in [0.5, 0.6) is 0 Å².